The fourth-order valence-corrected chi connectivity index (χ4v) is 1.74. The van der Waals surface area contributed by atoms with Crippen molar-refractivity contribution in [2.45, 2.75) is 20.0 Å². The lowest BCUT2D eigenvalue weighted by atomic mass is 10.3. The van der Waals surface area contributed by atoms with Crippen LogP contribution in [0.4, 0.5) is 5.82 Å². The number of hydrogen-bond donors (Lipinski definition) is 1. The summed E-state index contributed by atoms with van der Waals surface area (Å²) in [7, 11) is 2.00. The first-order valence-corrected chi connectivity index (χ1v) is 6.41. The highest BCUT2D eigenvalue weighted by Crippen LogP contribution is 2.10. The van der Waals surface area contributed by atoms with E-state index in [0.717, 1.165) is 36.7 Å². The average Bonchev–Trinajstić information content (AvgIpc) is 2.46. The highest BCUT2D eigenvalue weighted by Gasteiger charge is 2.04. The lowest BCUT2D eigenvalue weighted by Crippen LogP contribution is -2.19. The Morgan fingerprint density at radius 2 is 2.11 bits per heavy atom. The van der Waals surface area contributed by atoms with E-state index in [2.05, 4.69) is 38.2 Å². The van der Waals surface area contributed by atoms with E-state index in [1.165, 1.54) is 0 Å². The molecule has 0 spiro atoms. The zero-order valence-electron chi connectivity index (χ0n) is 11.4. The summed E-state index contributed by atoms with van der Waals surface area (Å²) in [5.41, 5.74) is 2.11. The second-order valence-corrected chi connectivity index (χ2v) is 4.36. The number of nitrogens with zero attached hydrogens (tertiary/aromatic N) is 4. The molecule has 5 nitrogen and oxygen atoms in total. The van der Waals surface area contributed by atoms with Gasteiger partial charge in [0.05, 0.1) is 18.1 Å². The van der Waals surface area contributed by atoms with Gasteiger partial charge in [-0.3, -0.25) is 9.97 Å². The van der Waals surface area contributed by atoms with Crippen LogP contribution in [0.3, 0.4) is 0 Å². The monoisotopic (exact) mass is 257 g/mol. The van der Waals surface area contributed by atoms with Crippen LogP contribution in [0, 0.1) is 0 Å². The molecular formula is C14H19N5. The molecule has 0 fully saturated rings. The van der Waals surface area contributed by atoms with Gasteiger partial charge in [-0.15, -0.1) is 0 Å². The van der Waals surface area contributed by atoms with Crippen molar-refractivity contribution in [1.29, 1.82) is 0 Å². The Labute approximate surface area is 113 Å². The van der Waals surface area contributed by atoms with Gasteiger partial charge in [0, 0.05) is 32.5 Å². The van der Waals surface area contributed by atoms with E-state index < -0.39 is 0 Å². The van der Waals surface area contributed by atoms with Crippen molar-refractivity contribution in [2.24, 2.45) is 0 Å². The van der Waals surface area contributed by atoms with Crippen LogP contribution in [0.5, 0.6) is 0 Å². The van der Waals surface area contributed by atoms with Crippen LogP contribution in [0.2, 0.25) is 0 Å². The molecule has 19 heavy (non-hydrogen) atoms. The van der Waals surface area contributed by atoms with Gasteiger partial charge in [-0.05, 0) is 18.2 Å². The number of anilines is 1. The highest BCUT2D eigenvalue weighted by atomic mass is 15.2. The molecule has 100 valence electrons. The maximum atomic E-state index is 4.43. The van der Waals surface area contributed by atoms with Gasteiger partial charge >= 0.3 is 0 Å². The predicted octanol–water partition coefficient (Wildman–Crippen LogP) is 1.62. The molecule has 0 aliphatic carbocycles. The van der Waals surface area contributed by atoms with Crippen molar-refractivity contribution >= 4 is 5.82 Å². The average molecular weight is 257 g/mol. The Kier molecular flexibility index (Phi) is 4.80. The van der Waals surface area contributed by atoms with Gasteiger partial charge < -0.3 is 10.2 Å². The number of pyridine rings is 1. The van der Waals surface area contributed by atoms with Crippen molar-refractivity contribution in [1.82, 2.24) is 20.3 Å². The molecule has 0 aromatic carbocycles. The molecule has 2 heterocycles. The molecule has 2 rings (SSSR count). The highest BCUT2D eigenvalue weighted by molar-refractivity contribution is 5.35. The Morgan fingerprint density at radius 3 is 2.74 bits per heavy atom. The van der Waals surface area contributed by atoms with Gasteiger partial charge in [0.1, 0.15) is 5.82 Å². The van der Waals surface area contributed by atoms with Crippen LogP contribution < -0.4 is 10.2 Å². The molecule has 0 radical (unpaired) electrons. The molecule has 0 amide bonds. The summed E-state index contributed by atoms with van der Waals surface area (Å²) in [4.78, 5) is 15.0. The Balaban J connectivity index is 1.97. The molecule has 0 aliphatic heterocycles. The number of aromatic nitrogens is 3. The molecule has 0 saturated carbocycles. The van der Waals surface area contributed by atoms with Crippen molar-refractivity contribution in [3.63, 3.8) is 0 Å². The quantitative estimate of drug-likeness (QED) is 0.852. The van der Waals surface area contributed by atoms with E-state index >= 15 is 0 Å². The molecule has 0 bridgehead atoms. The Hall–Kier alpha value is -2.01. The zero-order valence-corrected chi connectivity index (χ0v) is 11.4. The van der Waals surface area contributed by atoms with E-state index in [-0.39, 0.29) is 0 Å². The summed E-state index contributed by atoms with van der Waals surface area (Å²) >= 11 is 0. The second-order valence-electron chi connectivity index (χ2n) is 4.36. The largest absolute Gasteiger partial charge is 0.354 e. The van der Waals surface area contributed by atoms with E-state index in [4.69, 9.17) is 0 Å². The van der Waals surface area contributed by atoms with Crippen LogP contribution in [0.15, 0.2) is 36.9 Å². The van der Waals surface area contributed by atoms with Crippen LogP contribution in [0.25, 0.3) is 0 Å². The van der Waals surface area contributed by atoms with Crippen molar-refractivity contribution in [3.8, 4) is 0 Å². The molecule has 0 saturated heterocycles. The van der Waals surface area contributed by atoms with E-state index in [1.54, 1.807) is 6.20 Å². The van der Waals surface area contributed by atoms with Crippen LogP contribution in [-0.4, -0.2) is 28.5 Å². The zero-order chi connectivity index (χ0) is 13.5. The Morgan fingerprint density at radius 1 is 1.21 bits per heavy atom. The van der Waals surface area contributed by atoms with Crippen LogP contribution >= 0.6 is 0 Å². The van der Waals surface area contributed by atoms with Gasteiger partial charge in [0.25, 0.3) is 0 Å². The van der Waals surface area contributed by atoms with Gasteiger partial charge in [0.2, 0.25) is 0 Å². The fourth-order valence-electron chi connectivity index (χ4n) is 1.74. The molecule has 1 N–H and O–H groups in total. The van der Waals surface area contributed by atoms with Gasteiger partial charge in [0.15, 0.2) is 0 Å². The van der Waals surface area contributed by atoms with Gasteiger partial charge in [-0.25, -0.2) is 4.98 Å². The third-order valence-electron chi connectivity index (χ3n) is 2.78. The Bertz CT molecular complexity index is 483. The summed E-state index contributed by atoms with van der Waals surface area (Å²) < 4.78 is 0. The summed E-state index contributed by atoms with van der Waals surface area (Å²) in [6, 6.07) is 3.99. The molecular weight excluding hydrogens is 238 g/mol. The topological polar surface area (TPSA) is 53.9 Å². The van der Waals surface area contributed by atoms with Crippen LogP contribution in [-0.2, 0) is 13.1 Å². The maximum Gasteiger partial charge on any atom is 0.147 e. The van der Waals surface area contributed by atoms with Gasteiger partial charge in [-0.2, -0.15) is 0 Å². The predicted molar refractivity (Wildman–Crippen MR) is 75.8 cm³/mol. The minimum absolute atomic E-state index is 0.760. The first kappa shape index (κ1) is 13.4. The molecule has 5 heteroatoms. The maximum absolute atomic E-state index is 4.43. The van der Waals surface area contributed by atoms with E-state index in [1.807, 2.05) is 31.7 Å². The summed E-state index contributed by atoms with van der Waals surface area (Å²) in [6.07, 6.45) is 7.27. The van der Waals surface area contributed by atoms with E-state index in [9.17, 15) is 0 Å². The lowest BCUT2D eigenvalue weighted by Gasteiger charge is -2.17. The van der Waals surface area contributed by atoms with Crippen molar-refractivity contribution < 1.29 is 0 Å². The fraction of sp³-hybridized carbons (Fsp3) is 0.357. The number of hydrogen-bond acceptors (Lipinski definition) is 5. The number of rotatable bonds is 6. The SMILES string of the molecule is CCNCc1cnc(N(C)Cc2cccnc2)cn1. The standard InChI is InChI=1S/C14H19N5/c1-3-15-8-13-9-18-14(10-17-13)19(2)11-12-5-4-6-16-7-12/h4-7,9-10,15H,3,8,11H2,1-2H3. The van der Waals surface area contributed by atoms with Crippen molar-refractivity contribution in [2.75, 3.05) is 18.5 Å². The number of nitrogens with one attached hydrogen (secondary N) is 1. The summed E-state index contributed by atoms with van der Waals surface area (Å²) in [6.45, 7) is 4.54. The summed E-state index contributed by atoms with van der Waals surface area (Å²) in [5, 5.41) is 3.23. The minimum atomic E-state index is 0.760. The lowest BCUT2D eigenvalue weighted by molar-refractivity contribution is 0.706. The summed E-state index contributed by atoms with van der Waals surface area (Å²) in [5.74, 6) is 0.865. The third kappa shape index (κ3) is 3.99. The minimum Gasteiger partial charge on any atom is -0.354 e. The normalized spacial score (nSPS) is 10.4. The van der Waals surface area contributed by atoms with E-state index in [0.29, 0.717) is 0 Å². The van der Waals surface area contributed by atoms with Crippen molar-refractivity contribution in [3.05, 3.63) is 48.2 Å². The molecule has 0 aliphatic rings. The van der Waals surface area contributed by atoms with Crippen LogP contribution in [0.1, 0.15) is 18.2 Å². The molecule has 2 aromatic heterocycles. The van der Waals surface area contributed by atoms with Gasteiger partial charge in [-0.1, -0.05) is 13.0 Å². The molecule has 0 atom stereocenters. The first-order chi connectivity index (χ1) is 9.29. The first-order valence-electron chi connectivity index (χ1n) is 6.41. The molecule has 0 unspecified atom stereocenters. The smallest absolute Gasteiger partial charge is 0.147 e. The third-order valence-corrected chi connectivity index (χ3v) is 2.78. The molecule has 2 aromatic rings. The second kappa shape index (κ2) is 6.80.